The second kappa shape index (κ2) is 12.9. The van der Waals surface area contributed by atoms with Gasteiger partial charge in [-0.25, -0.2) is 9.59 Å². The second-order valence-electron chi connectivity index (χ2n) is 18.7. The van der Waals surface area contributed by atoms with Crippen LogP contribution in [0.5, 0.6) is 11.5 Å². The van der Waals surface area contributed by atoms with Gasteiger partial charge in [-0.3, -0.25) is 0 Å². The zero-order valence-corrected chi connectivity index (χ0v) is 32.3. The highest BCUT2D eigenvalue weighted by Crippen LogP contribution is 2.48. The van der Waals surface area contributed by atoms with Crippen molar-refractivity contribution in [3.05, 3.63) is 57.6 Å². The van der Waals surface area contributed by atoms with Crippen LogP contribution >= 0.6 is 0 Å². The van der Waals surface area contributed by atoms with Crippen molar-refractivity contribution < 1.29 is 28.5 Å². The van der Waals surface area contributed by atoms with Crippen LogP contribution in [0.1, 0.15) is 171 Å². The van der Waals surface area contributed by atoms with Crippen LogP contribution in [0.15, 0.2) is 24.3 Å². The Morgan fingerprint density at radius 1 is 0.478 bits per heavy atom. The third kappa shape index (κ3) is 10.5. The van der Waals surface area contributed by atoms with E-state index in [0.29, 0.717) is 11.5 Å². The molecule has 0 radical (unpaired) electrons. The standard InChI is InChI=1S/C40H62O6/c1-24(27-20-25(35(2,3)4)22-29(37(8,9)10)31(27)43-33(41)45-39(14,15)16)28-21-26(36(5,6)7)23-30(38(11,12)13)32(28)44-34(42)46-40(17,18)19/h20-24H,1-19H3. The third-order valence-electron chi connectivity index (χ3n) is 7.67. The second-order valence-corrected chi connectivity index (χ2v) is 18.7. The van der Waals surface area contributed by atoms with E-state index in [1.165, 1.54) is 0 Å². The first-order chi connectivity index (χ1) is 20.3. The summed E-state index contributed by atoms with van der Waals surface area (Å²) in [6.45, 7) is 38.7. The smallest absolute Gasteiger partial charge is 0.428 e. The Balaban J connectivity index is 3.12. The summed E-state index contributed by atoms with van der Waals surface area (Å²) >= 11 is 0. The van der Waals surface area contributed by atoms with Gasteiger partial charge in [0.1, 0.15) is 22.7 Å². The number of ether oxygens (including phenoxy) is 4. The van der Waals surface area contributed by atoms with Gasteiger partial charge in [0.15, 0.2) is 0 Å². The Morgan fingerprint density at radius 3 is 0.978 bits per heavy atom. The van der Waals surface area contributed by atoms with Gasteiger partial charge < -0.3 is 18.9 Å². The average Bonchev–Trinajstić information content (AvgIpc) is 2.78. The number of hydrogen-bond acceptors (Lipinski definition) is 6. The van der Waals surface area contributed by atoms with Gasteiger partial charge in [-0.2, -0.15) is 0 Å². The van der Waals surface area contributed by atoms with Crippen LogP contribution < -0.4 is 9.47 Å². The van der Waals surface area contributed by atoms with Crippen LogP contribution in [0, 0.1) is 0 Å². The van der Waals surface area contributed by atoms with Crippen molar-refractivity contribution in [3.8, 4) is 11.5 Å². The molecule has 2 rings (SSSR count). The van der Waals surface area contributed by atoms with Crippen molar-refractivity contribution in [1.29, 1.82) is 0 Å². The molecule has 46 heavy (non-hydrogen) atoms. The molecule has 6 nitrogen and oxygen atoms in total. The summed E-state index contributed by atoms with van der Waals surface area (Å²) < 4.78 is 23.7. The molecule has 0 N–H and O–H groups in total. The van der Waals surface area contributed by atoms with Gasteiger partial charge in [-0.05, 0) is 74.3 Å². The lowest BCUT2D eigenvalue weighted by molar-refractivity contribution is 0.0190. The third-order valence-corrected chi connectivity index (χ3v) is 7.67. The highest BCUT2D eigenvalue weighted by Gasteiger charge is 2.35. The van der Waals surface area contributed by atoms with Gasteiger partial charge in [0, 0.05) is 28.2 Å². The van der Waals surface area contributed by atoms with E-state index < -0.39 is 23.5 Å². The summed E-state index contributed by atoms with van der Waals surface area (Å²) in [5.41, 5.74) is 3.03. The van der Waals surface area contributed by atoms with E-state index >= 15 is 0 Å². The fourth-order valence-electron chi connectivity index (χ4n) is 5.03. The van der Waals surface area contributed by atoms with E-state index in [2.05, 4.69) is 114 Å². The Hall–Kier alpha value is -3.02. The van der Waals surface area contributed by atoms with Crippen molar-refractivity contribution in [1.82, 2.24) is 0 Å². The van der Waals surface area contributed by atoms with Crippen molar-refractivity contribution in [2.75, 3.05) is 0 Å². The molecule has 0 atom stereocenters. The van der Waals surface area contributed by atoms with Crippen LogP contribution in [-0.2, 0) is 31.1 Å². The predicted molar refractivity (Wildman–Crippen MR) is 189 cm³/mol. The molecule has 0 amide bonds. The zero-order valence-electron chi connectivity index (χ0n) is 32.3. The lowest BCUT2D eigenvalue weighted by atomic mass is 9.74. The van der Waals surface area contributed by atoms with E-state index in [1.54, 1.807) is 0 Å². The van der Waals surface area contributed by atoms with Crippen LogP contribution in [0.2, 0.25) is 0 Å². The van der Waals surface area contributed by atoms with Crippen LogP contribution in [-0.4, -0.2) is 23.5 Å². The first-order valence-corrected chi connectivity index (χ1v) is 16.5. The molecule has 0 aliphatic heterocycles. The molecule has 0 bridgehead atoms. The number of carbonyl (C=O) groups is 2. The minimum absolute atomic E-state index is 0.196. The summed E-state index contributed by atoms with van der Waals surface area (Å²) in [5.74, 6) is 0.564. The molecule has 2 aromatic carbocycles. The van der Waals surface area contributed by atoms with Gasteiger partial charge in [0.2, 0.25) is 0 Å². The molecule has 2 aromatic rings. The number of rotatable bonds is 4. The molecule has 0 unspecified atom stereocenters. The minimum Gasteiger partial charge on any atom is -0.428 e. The normalized spacial score (nSPS) is 13.5. The molecule has 0 saturated heterocycles. The highest BCUT2D eigenvalue weighted by molar-refractivity contribution is 5.70. The molecule has 0 aliphatic rings. The summed E-state index contributed by atoms with van der Waals surface area (Å²) in [6.07, 6.45) is -1.53. The number of benzene rings is 2. The first-order valence-electron chi connectivity index (χ1n) is 16.5. The highest BCUT2D eigenvalue weighted by atomic mass is 16.7. The molecular weight excluding hydrogens is 576 g/mol. The zero-order chi connectivity index (χ0) is 36.0. The van der Waals surface area contributed by atoms with Crippen molar-refractivity contribution in [3.63, 3.8) is 0 Å². The van der Waals surface area contributed by atoms with E-state index in [-0.39, 0.29) is 27.6 Å². The SMILES string of the molecule is CC(c1cc(C(C)(C)C)cc(C(C)(C)C)c1OC(=O)OC(C)(C)C)c1cc(C(C)(C)C)cc(C(C)(C)C)c1OC(=O)OC(C)(C)C. The maximum atomic E-state index is 13.3. The number of carbonyl (C=O) groups excluding carboxylic acids is 2. The minimum atomic E-state index is -0.765. The Bertz CT molecular complexity index is 1310. The summed E-state index contributed by atoms with van der Waals surface area (Å²) in [6, 6.07) is 8.52. The Kier molecular flexibility index (Phi) is 11.0. The fraction of sp³-hybridized carbons (Fsp3) is 0.650. The molecule has 0 saturated carbocycles. The largest absolute Gasteiger partial charge is 0.514 e. The lowest BCUT2D eigenvalue weighted by Gasteiger charge is -2.33. The van der Waals surface area contributed by atoms with Gasteiger partial charge in [-0.1, -0.05) is 114 Å². The van der Waals surface area contributed by atoms with Gasteiger partial charge in [0.25, 0.3) is 0 Å². The van der Waals surface area contributed by atoms with Crippen molar-refractivity contribution in [2.24, 2.45) is 0 Å². The van der Waals surface area contributed by atoms with E-state index in [4.69, 9.17) is 18.9 Å². The topological polar surface area (TPSA) is 71.1 Å². The Labute approximate surface area is 279 Å². The van der Waals surface area contributed by atoms with Crippen LogP contribution in [0.4, 0.5) is 9.59 Å². The molecule has 0 aliphatic carbocycles. The molecule has 6 heteroatoms. The van der Waals surface area contributed by atoms with Crippen LogP contribution in [0.25, 0.3) is 0 Å². The predicted octanol–water partition coefficient (Wildman–Crippen LogP) is 11.7. The van der Waals surface area contributed by atoms with Gasteiger partial charge in [0.05, 0.1) is 0 Å². The first kappa shape index (κ1) is 39.2. The molecule has 0 aromatic heterocycles. The van der Waals surface area contributed by atoms with Gasteiger partial charge in [-0.15, -0.1) is 0 Å². The van der Waals surface area contributed by atoms with E-state index in [9.17, 15) is 9.59 Å². The average molecular weight is 639 g/mol. The quantitative estimate of drug-likeness (QED) is 0.245. The van der Waals surface area contributed by atoms with Crippen molar-refractivity contribution >= 4 is 12.3 Å². The fourth-order valence-corrected chi connectivity index (χ4v) is 5.03. The monoisotopic (exact) mass is 638 g/mol. The maximum Gasteiger partial charge on any atom is 0.514 e. The molecule has 0 heterocycles. The summed E-state index contributed by atoms with van der Waals surface area (Å²) in [7, 11) is 0. The Morgan fingerprint density at radius 2 is 0.761 bits per heavy atom. The summed E-state index contributed by atoms with van der Waals surface area (Å²) in [5, 5.41) is 0. The number of hydrogen-bond donors (Lipinski definition) is 0. The molecule has 0 fully saturated rings. The van der Waals surface area contributed by atoms with E-state index in [1.807, 2.05) is 41.5 Å². The molecule has 0 spiro atoms. The van der Waals surface area contributed by atoms with Crippen molar-refractivity contribution in [2.45, 2.75) is 170 Å². The van der Waals surface area contributed by atoms with Gasteiger partial charge >= 0.3 is 12.3 Å². The molecule has 258 valence electrons. The van der Waals surface area contributed by atoms with Crippen LogP contribution in [0.3, 0.4) is 0 Å². The summed E-state index contributed by atoms with van der Waals surface area (Å²) in [4.78, 5) is 26.6. The lowest BCUT2D eigenvalue weighted by Crippen LogP contribution is -2.28. The maximum absolute atomic E-state index is 13.3. The van der Waals surface area contributed by atoms with E-state index in [0.717, 1.165) is 33.4 Å². The molecular formula is C40H62O6.